The fraction of sp³-hybridized carbons (Fsp3) is 0. The highest BCUT2D eigenvalue weighted by Crippen LogP contribution is 2.38. The van der Waals surface area contributed by atoms with Crippen LogP contribution in [0.25, 0.3) is 0 Å². The second-order valence-corrected chi connectivity index (χ2v) is 8.39. The Hall–Kier alpha value is -2.70. The van der Waals surface area contributed by atoms with E-state index in [0.717, 1.165) is 4.90 Å². The van der Waals surface area contributed by atoms with Gasteiger partial charge in [0.25, 0.3) is 0 Å². The number of hydrogen-bond donors (Lipinski definition) is 0. The van der Waals surface area contributed by atoms with Crippen molar-refractivity contribution in [2.24, 2.45) is 0 Å². The van der Waals surface area contributed by atoms with Crippen molar-refractivity contribution in [3.63, 3.8) is 0 Å². The van der Waals surface area contributed by atoms with Crippen LogP contribution in [0.2, 0.25) is 0 Å². The Bertz CT molecular complexity index is 927. The molecule has 4 aromatic rings. The molecule has 0 atom stereocenters. The van der Waals surface area contributed by atoms with Gasteiger partial charge in [-0.15, -0.1) is 0 Å². The minimum Gasteiger partial charge on any atom is -0.265 e. The smallest absolute Gasteiger partial charge is 0.198 e. The summed E-state index contributed by atoms with van der Waals surface area (Å²) in [7, 11) is -0.279. The molecule has 0 radical (unpaired) electrons. The SMILES string of the molecule is c1cc(Sc2ccncc2[S+](c2ccncc2)c2ccncc2)ccn1. The van der Waals surface area contributed by atoms with Crippen molar-refractivity contribution in [2.75, 3.05) is 0 Å². The van der Waals surface area contributed by atoms with Gasteiger partial charge in [-0.2, -0.15) is 0 Å². The summed E-state index contributed by atoms with van der Waals surface area (Å²) in [4.78, 5) is 22.8. The average Bonchev–Trinajstić information content (AvgIpc) is 2.72. The maximum absolute atomic E-state index is 4.41. The molecule has 0 unspecified atom stereocenters. The fourth-order valence-electron chi connectivity index (χ4n) is 2.48. The van der Waals surface area contributed by atoms with Gasteiger partial charge in [0.05, 0.1) is 11.1 Å². The molecule has 26 heavy (non-hydrogen) atoms. The van der Waals surface area contributed by atoms with E-state index < -0.39 is 0 Å². The molecular formula is C20H15N4S2+. The third-order valence-corrected chi connectivity index (χ3v) is 7.08. The molecule has 4 heterocycles. The molecule has 0 aliphatic rings. The summed E-state index contributed by atoms with van der Waals surface area (Å²) in [6.07, 6.45) is 14.8. The van der Waals surface area contributed by atoms with Crippen LogP contribution in [-0.4, -0.2) is 19.9 Å². The molecule has 0 N–H and O–H groups in total. The van der Waals surface area contributed by atoms with Crippen molar-refractivity contribution >= 4 is 22.7 Å². The quantitative estimate of drug-likeness (QED) is 0.480. The van der Waals surface area contributed by atoms with Gasteiger partial charge in [-0.25, -0.2) is 0 Å². The molecule has 4 nitrogen and oxygen atoms in total. The third kappa shape index (κ3) is 3.76. The molecular weight excluding hydrogens is 360 g/mol. The second-order valence-electron chi connectivity index (χ2n) is 5.28. The Morgan fingerprint density at radius 3 is 1.65 bits per heavy atom. The number of pyridine rings is 4. The Kier molecular flexibility index (Phi) is 5.23. The zero-order chi connectivity index (χ0) is 17.6. The highest BCUT2D eigenvalue weighted by atomic mass is 32.2. The van der Waals surface area contributed by atoms with Crippen LogP contribution in [0.3, 0.4) is 0 Å². The van der Waals surface area contributed by atoms with Crippen LogP contribution in [0, 0.1) is 0 Å². The summed E-state index contributed by atoms with van der Waals surface area (Å²) in [5.41, 5.74) is 0. The van der Waals surface area contributed by atoms with Gasteiger partial charge in [-0.1, -0.05) is 11.8 Å². The zero-order valence-electron chi connectivity index (χ0n) is 13.8. The lowest BCUT2D eigenvalue weighted by molar-refractivity contribution is 1.10. The van der Waals surface area contributed by atoms with Crippen LogP contribution in [0.15, 0.2) is 117 Å². The van der Waals surface area contributed by atoms with Gasteiger partial charge in [0, 0.05) is 72.5 Å². The van der Waals surface area contributed by atoms with E-state index in [1.165, 1.54) is 19.6 Å². The molecule has 0 saturated carbocycles. The molecule has 126 valence electrons. The van der Waals surface area contributed by atoms with E-state index in [0.29, 0.717) is 0 Å². The summed E-state index contributed by atoms with van der Waals surface area (Å²) in [6.45, 7) is 0. The molecule has 0 saturated heterocycles. The largest absolute Gasteiger partial charge is 0.265 e. The highest BCUT2D eigenvalue weighted by Gasteiger charge is 2.31. The minimum absolute atomic E-state index is 0.279. The van der Waals surface area contributed by atoms with E-state index >= 15 is 0 Å². The predicted molar refractivity (Wildman–Crippen MR) is 103 cm³/mol. The van der Waals surface area contributed by atoms with Crippen molar-refractivity contribution in [2.45, 2.75) is 24.5 Å². The van der Waals surface area contributed by atoms with E-state index in [2.05, 4.69) is 50.3 Å². The predicted octanol–water partition coefficient (Wildman–Crippen LogP) is 4.51. The summed E-state index contributed by atoms with van der Waals surface area (Å²) in [5.74, 6) is 0. The first-order valence-corrected chi connectivity index (χ1v) is 10.0. The molecule has 4 rings (SSSR count). The van der Waals surface area contributed by atoms with Crippen molar-refractivity contribution in [1.29, 1.82) is 0 Å². The molecule has 0 aliphatic heterocycles. The Balaban J connectivity index is 1.82. The third-order valence-electron chi connectivity index (χ3n) is 3.61. The number of nitrogens with zero attached hydrogens (tertiary/aromatic N) is 4. The maximum Gasteiger partial charge on any atom is 0.198 e. The molecule has 0 aromatic carbocycles. The maximum atomic E-state index is 4.41. The molecule has 6 heteroatoms. The lowest BCUT2D eigenvalue weighted by Crippen LogP contribution is -2.07. The van der Waals surface area contributed by atoms with Crippen molar-refractivity contribution in [3.8, 4) is 0 Å². The van der Waals surface area contributed by atoms with Crippen LogP contribution in [0.1, 0.15) is 0 Å². The van der Waals surface area contributed by atoms with Crippen molar-refractivity contribution in [3.05, 3.63) is 92.0 Å². The van der Waals surface area contributed by atoms with Crippen LogP contribution >= 0.6 is 11.8 Å². The van der Waals surface area contributed by atoms with Crippen molar-refractivity contribution < 1.29 is 0 Å². The average molecular weight is 376 g/mol. The first-order valence-electron chi connectivity index (χ1n) is 7.98. The number of rotatable bonds is 5. The molecule has 0 amide bonds. The van der Waals surface area contributed by atoms with Crippen LogP contribution in [0.5, 0.6) is 0 Å². The summed E-state index contributed by atoms with van der Waals surface area (Å²) >= 11 is 1.73. The topological polar surface area (TPSA) is 51.6 Å². The molecule has 0 bridgehead atoms. The monoisotopic (exact) mass is 375 g/mol. The van der Waals surface area contributed by atoms with Crippen LogP contribution < -0.4 is 0 Å². The normalized spacial score (nSPS) is 10.8. The van der Waals surface area contributed by atoms with E-state index in [-0.39, 0.29) is 10.9 Å². The lowest BCUT2D eigenvalue weighted by Gasteiger charge is -2.11. The number of hydrogen-bond acceptors (Lipinski definition) is 5. The van der Waals surface area contributed by atoms with E-state index in [4.69, 9.17) is 0 Å². The van der Waals surface area contributed by atoms with Gasteiger partial charge in [-0.05, 0) is 18.2 Å². The fourth-order valence-corrected chi connectivity index (χ4v) is 5.65. The number of aromatic nitrogens is 4. The van der Waals surface area contributed by atoms with E-state index in [1.54, 1.807) is 11.8 Å². The minimum atomic E-state index is -0.279. The summed E-state index contributed by atoms with van der Waals surface area (Å²) < 4.78 is 0. The van der Waals surface area contributed by atoms with Gasteiger partial charge < -0.3 is 0 Å². The van der Waals surface area contributed by atoms with Crippen molar-refractivity contribution in [1.82, 2.24) is 19.9 Å². The Morgan fingerprint density at radius 1 is 0.577 bits per heavy atom. The van der Waals surface area contributed by atoms with Crippen LogP contribution in [-0.2, 0) is 10.9 Å². The van der Waals surface area contributed by atoms with Gasteiger partial charge in [-0.3, -0.25) is 19.9 Å². The summed E-state index contributed by atoms with van der Waals surface area (Å²) in [6, 6.07) is 14.4. The molecule has 0 aliphatic carbocycles. The van der Waals surface area contributed by atoms with Gasteiger partial charge in [0.15, 0.2) is 14.7 Å². The van der Waals surface area contributed by atoms with Gasteiger partial charge >= 0.3 is 0 Å². The highest BCUT2D eigenvalue weighted by molar-refractivity contribution is 8.01. The summed E-state index contributed by atoms with van der Waals surface area (Å²) in [5, 5.41) is 0. The molecule has 0 spiro atoms. The van der Waals surface area contributed by atoms with E-state index in [9.17, 15) is 0 Å². The Morgan fingerprint density at radius 2 is 1.08 bits per heavy atom. The van der Waals surface area contributed by atoms with Gasteiger partial charge in [0.2, 0.25) is 0 Å². The van der Waals surface area contributed by atoms with Crippen LogP contribution in [0.4, 0.5) is 0 Å². The van der Waals surface area contributed by atoms with Gasteiger partial charge in [0.1, 0.15) is 10.9 Å². The second kappa shape index (κ2) is 8.12. The molecule has 4 aromatic heterocycles. The lowest BCUT2D eigenvalue weighted by atomic mass is 10.5. The first-order chi connectivity index (χ1) is 12.9. The zero-order valence-corrected chi connectivity index (χ0v) is 15.4. The van der Waals surface area contributed by atoms with E-state index in [1.807, 2.05) is 61.7 Å². The first kappa shape index (κ1) is 16.8. The standard InChI is InChI=1S/C20H15N4S2/c1-8-21-9-2-16(1)25-19-7-14-24-15-20(19)26(17-3-10-22-11-4-17)18-5-12-23-13-6-18/h1-15H/q+1. The Labute approximate surface area is 159 Å². The molecule has 0 fully saturated rings.